The number of hydrogen-bond acceptors (Lipinski definition) is 6. The van der Waals surface area contributed by atoms with Gasteiger partial charge in [0.05, 0.1) is 17.3 Å². The first kappa shape index (κ1) is 20.4. The van der Waals surface area contributed by atoms with Crippen LogP contribution < -0.4 is 20.3 Å². The molecule has 158 valence electrons. The van der Waals surface area contributed by atoms with Crippen molar-refractivity contribution < 1.29 is 14.3 Å². The third kappa shape index (κ3) is 3.79. The summed E-state index contributed by atoms with van der Waals surface area (Å²) < 4.78 is 12.7. The molecule has 0 saturated carbocycles. The van der Waals surface area contributed by atoms with Gasteiger partial charge in [-0.15, -0.1) is 11.3 Å². The van der Waals surface area contributed by atoms with Gasteiger partial charge in [0, 0.05) is 17.8 Å². The Kier molecular flexibility index (Phi) is 5.27. The first-order chi connectivity index (χ1) is 14.3. The number of aryl methyl sites for hydroxylation is 3. The van der Waals surface area contributed by atoms with Crippen molar-refractivity contribution >= 4 is 27.5 Å². The van der Waals surface area contributed by atoms with Crippen LogP contribution in [0, 0.1) is 13.8 Å². The second kappa shape index (κ2) is 7.75. The summed E-state index contributed by atoms with van der Waals surface area (Å²) in [6.45, 7) is 9.12. The minimum absolute atomic E-state index is 0.0965. The highest BCUT2D eigenvalue weighted by molar-refractivity contribution is 7.18. The predicted octanol–water partition coefficient (Wildman–Crippen LogP) is 3.29. The standard InChI is InChI=1S/C22H25N3O4S/c1-13-14(2)30-20-19(13)21(27)25(12-23-20)8-7-18(26)24-22(3,4)15-5-6-16-17(11-15)29-10-9-28-16/h5-6,11-12H,7-10H2,1-4H3,(H,24,26). The van der Waals surface area contributed by atoms with Gasteiger partial charge in [-0.3, -0.25) is 14.2 Å². The molecule has 0 saturated heterocycles. The molecular weight excluding hydrogens is 402 g/mol. The van der Waals surface area contributed by atoms with E-state index in [4.69, 9.17) is 9.47 Å². The molecule has 30 heavy (non-hydrogen) atoms. The normalized spacial score (nSPS) is 13.5. The first-order valence-corrected chi connectivity index (χ1v) is 10.7. The van der Waals surface area contributed by atoms with Gasteiger partial charge < -0.3 is 14.8 Å². The molecule has 8 heteroatoms. The lowest BCUT2D eigenvalue weighted by molar-refractivity contribution is -0.123. The lowest BCUT2D eigenvalue weighted by Gasteiger charge is -2.29. The van der Waals surface area contributed by atoms with Crippen molar-refractivity contribution in [3.05, 3.63) is 50.9 Å². The molecule has 0 unspecified atom stereocenters. The third-order valence-electron chi connectivity index (χ3n) is 5.45. The van der Waals surface area contributed by atoms with Gasteiger partial charge in [0.25, 0.3) is 5.56 Å². The lowest BCUT2D eigenvalue weighted by atomic mass is 9.93. The number of benzene rings is 1. The van der Waals surface area contributed by atoms with Gasteiger partial charge in [-0.05, 0) is 51.0 Å². The van der Waals surface area contributed by atoms with Crippen LogP contribution >= 0.6 is 11.3 Å². The van der Waals surface area contributed by atoms with Crippen molar-refractivity contribution in [3.63, 3.8) is 0 Å². The topological polar surface area (TPSA) is 82.5 Å². The minimum Gasteiger partial charge on any atom is -0.486 e. The minimum atomic E-state index is -0.596. The Morgan fingerprint density at radius 1 is 1.23 bits per heavy atom. The Balaban J connectivity index is 1.46. The molecule has 0 fully saturated rings. The Hall–Kier alpha value is -2.87. The van der Waals surface area contributed by atoms with Crippen molar-refractivity contribution in [2.75, 3.05) is 13.2 Å². The maximum atomic E-state index is 12.8. The summed E-state index contributed by atoms with van der Waals surface area (Å²) in [5.74, 6) is 1.27. The van der Waals surface area contributed by atoms with E-state index in [0.717, 1.165) is 20.8 Å². The van der Waals surface area contributed by atoms with Gasteiger partial charge in [-0.25, -0.2) is 4.98 Å². The summed E-state index contributed by atoms with van der Waals surface area (Å²) in [7, 11) is 0. The van der Waals surface area contributed by atoms with Gasteiger partial charge >= 0.3 is 0 Å². The molecule has 0 bridgehead atoms. The highest BCUT2D eigenvalue weighted by atomic mass is 32.1. The zero-order valence-corrected chi connectivity index (χ0v) is 18.4. The van der Waals surface area contributed by atoms with E-state index in [-0.39, 0.29) is 24.4 Å². The zero-order chi connectivity index (χ0) is 21.5. The molecule has 0 radical (unpaired) electrons. The van der Waals surface area contributed by atoms with Crippen LogP contribution in [0.4, 0.5) is 0 Å². The van der Waals surface area contributed by atoms with Crippen molar-refractivity contribution in [2.45, 2.75) is 46.2 Å². The molecule has 3 heterocycles. The molecule has 1 aliphatic heterocycles. The number of aromatic nitrogens is 2. The summed E-state index contributed by atoms with van der Waals surface area (Å²) in [4.78, 5) is 31.7. The zero-order valence-electron chi connectivity index (χ0n) is 17.6. The van der Waals surface area contributed by atoms with Gasteiger partial charge in [-0.1, -0.05) is 6.07 Å². The van der Waals surface area contributed by atoms with Gasteiger partial charge in [-0.2, -0.15) is 0 Å². The largest absolute Gasteiger partial charge is 0.486 e. The highest BCUT2D eigenvalue weighted by Gasteiger charge is 2.25. The van der Waals surface area contributed by atoms with Crippen LogP contribution in [-0.2, 0) is 16.9 Å². The number of ether oxygens (including phenoxy) is 2. The fourth-order valence-corrected chi connectivity index (χ4v) is 4.55. The van der Waals surface area contributed by atoms with Crippen molar-refractivity contribution in [1.82, 2.24) is 14.9 Å². The molecule has 1 aliphatic rings. The molecule has 1 amide bonds. The summed E-state index contributed by atoms with van der Waals surface area (Å²) in [6, 6.07) is 5.69. The molecule has 3 aromatic rings. The number of carbonyl (C=O) groups is 1. The number of nitrogens with one attached hydrogen (secondary N) is 1. The smallest absolute Gasteiger partial charge is 0.262 e. The molecule has 1 aromatic carbocycles. The fraction of sp³-hybridized carbons (Fsp3) is 0.409. The highest BCUT2D eigenvalue weighted by Crippen LogP contribution is 2.34. The number of amides is 1. The molecule has 0 spiro atoms. The summed E-state index contributed by atoms with van der Waals surface area (Å²) in [6.07, 6.45) is 1.71. The summed E-state index contributed by atoms with van der Waals surface area (Å²) in [5, 5.41) is 3.70. The first-order valence-electron chi connectivity index (χ1n) is 9.92. The second-order valence-electron chi connectivity index (χ2n) is 7.99. The Bertz CT molecular complexity index is 1180. The van der Waals surface area contributed by atoms with E-state index in [1.54, 1.807) is 0 Å². The molecular formula is C22H25N3O4S. The van der Waals surface area contributed by atoms with E-state index in [0.29, 0.717) is 30.1 Å². The Morgan fingerprint density at radius 3 is 2.73 bits per heavy atom. The SMILES string of the molecule is Cc1sc2ncn(CCC(=O)NC(C)(C)c3ccc4c(c3)OCCO4)c(=O)c2c1C. The third-order valence-corrected chi connectivity index (χ3v) is 6.57. The van der Waals surface area contributed by atoms with E-state index in [1.807, 2.05) is 45.9 Å². The fourth-order valence-electron chi connectivity index (χ4n) is 3.57. The molecule has 1 N–H and O–H groups in total. The maximum absolute atomic E-state index is 12.8. The van der Waals surface area contributed by atoms with E-state index in [1.165, 1.54) is 22.2 Å². The van der Waals surface area contributed by atoms with Crippen LogP contribution in [0.5, 0.6) is 11.5 Å². The molecule has 4 rings (SSSR count). The van der Waals surface area contributed by atoms with Crippen LogP contribution in [0.3, 0.4) is 0 Å². The van der Waals surface area contributed by atoms with E-state index in [2.05, 4.69) is 10.3 Å². The average Bonchev–Trinajstić information content (AvgIpc) is 3.01. The van der Waals surface area contributed by atoms with E-state index < -0.39 is 5.54 Å². The van der Waals surface area contributed by atoms with Crippen molar-refractivity contribution in [2.24, 2.45) is 0 Å². The number of fused-ring (bicyclic) bond motifs is 2. The van der Waals surface area contributed by atoms with Crippen LogP contribution in [0.2, 0.25) is 0 Å². The van der Waals surface area contributed by atoms with Crippen LogP contribution in [-0.4, -0.2) is 28.7 Å². The lowest BCUT2D eigenvalue weighted by Crippen LogP contribution is -2.41. The van der Waals surface area contributed by atoms with Gasteiger partial charge in [0.15, 0.2) is 11.5 Å². The quantitative estimate of drug-likeness (QED) is 0.676. The number of hydrogen-bond donors (Lipinski definition) is 1. The van der Waals surface area contributed by atoms with Gasteiger partial charge in [0.2, 0.25) is 5.91 Å². The Labute approximate surface area is 178 Å². The second-order valence-corrected chi connectivity index (χ2v) is 9.19. The molecule has 0 atom stereocenters. The van der Waals surface area contributed by atoms with Crippen molar-refractivity contribution in [3.8, 4) is 11.5 Å². The molecule has 0 aliphatic carbocycles. The number of carbonyl (C=O) groups excluding carboxylic acids is 1. The van der Waals surface area contributed by atoms with Crippen LogP contribution in [0.25, 0.3) is 10.2 Å². The monoisotopic (exact) mass is 427 g/mol. The van der Waals surface area contributed by atoms with Crippen LogP contribution in [0.15, 0.2) is 29.3 Å². The van der Waals surface area contributed by atoms with E-state index >= 15 is 0 Å². The van der Waals surface area contributed by atoms with Crippen LogP contribution in [0.1, 0.15) is 36.3 Å². The number of nitrogens with zero attached hydrogens (tertiary/aromatic N) is 2. The molecule has 7 nitrogen and oxygen atoms in total. The Morgan fingerprint density at radius 2 is 1.97 bits per heavy atom. The predicted molar refractivity (Wildman–Crippen MR) is 117 cm³/mol. The maximum Gasteiger partial charge on any atom is 0.262 e. The average molecular weight is 428 g/mol. The number of rotatable bonds is 5. The number of thiophene rings is 1. The van der Waals surface area contributed by atoms with E-state index in [9.17, 15) is 9.59 Å². The van der Waals surface area contributed by atoms with Crippen molar-refractivity contribution in [1.29, 1.82) is 0 Å². The van der Waals surface area contributed by atoms with Gasteiger partial charge in [0.1, 0.15) is 18.0 Å². The molecule has 2 aromatic heterocycles. The summed E-state index contributed by atoms with van der Waals surface area (Å²) >= 11 is 1.52. The summed E-state index contributed by atoms with van der Waals surface area (Å²) in [5.41, 5.74) is 1.19.